The summed E-state index contributed by atoms with van der Waals surface area (Å²) in [6.07, 6.45) is -1.68. The first-order chi connectivity index (χ1) is 8.89. The molecule has 0 spiro atoms. The molecule has 20 heavy (non-hydrogen) atoms. The zero-order valence-corrected chi connectivity index (χ0v) is 10.8. The predicted molar refractivity (Wildman–Crippen MR) is 70.4 cm³/mol. The van der Waals surface area contributed by atoms with Crippen LogP contribution in [0.3, 0.4) is 0 Å². The Morgan fingerprint density at radius 3 is 2.15 bits per heavy atom. The van der Waals surface area contributed by atoms with Gasteiger partial charge in [0.05, 0.1) is 11.1 Å². The summed E-state index contributed by atoms with van der Waals surface area (Å²) in [6.45, 7) is 0. The van der Waals surface area contributed by atoms with E-state index in [0.717, 1.165) is 12.1 Å². The number of benzene rings is 1. The second-order valence-electron chi connectivity index (χ2n) is 3.86. The van der Waals surface area contributed by atoms with Crippen LogP contribution in [0.25, 0.3) is 11.1 Å². The maximum absolute atomic E-state index is 12.9. The van der Waals surface area contributed by atoms with Crippen LogP contribution >= 0.6 is 12.4 Å². The molecule has 0 radical (unpaired) electrons. The molecule has 0 bridgehead atoms. The van der Waals surface area contributed by atoms with Crippen LogP contribution in [0.5, 0.6) is 0 Å². The van der Waals surface area contributed by atoms with E-state index in [9.17, 15) is 18.0 Å². The summed E-state index contributed by atoms with van der Waals surface area (Å²) in [5.41, 5.74) is 4.31. The third kappa shape index (κ3) is 3.27. The highest BCUT2D eigenvalue weighted by atomic mass is 35.5. The van der Waals surface area contributed by atoms with E-state index in [1.54, 1.807) is 12.1 Å². The van der Waals surface area contributed by atoms with Crippen LogP contribution in [0.15, 0.2) is 42.7 Å². The number of carbonyl (C=O) groups is 1. The molecule has 0 fully saturated rings. The smallest absolute Gasteiger partial charge is 0.366 e. The largest absolute Gasteiger partial charge is 0.417 e. The molecule has 0 unspecified atom stereocenters. The lowest BCUT2D eigenvalue weighted by Crippen LogP contribution is -2.18. The summed E-state index contributed by atoms with van der Waals surface area (Å²) >= 11 is 0. The fraction of sp³-hybridized carbons (Fsp3) is 0.0769. The van der Waals surface area contributed by atoms with Crippen molar-refractivity contribution < 1.29 is 18.0 Å². The third-order valence-corrected chi connectivity index (χ3v) is 2.60. The highest BCUT2D eigenvalue weighted by Crippen LogP contribution is 2.34. The van der Waals surface area contributed by atoms with Crippen molar-refractivity contribution in [3.05, 3.63) is 53.9 Å². The van der Waals surface area contributed by atoms with Gasteiger partial charge in [0.2, 0.25) is 5.91 Å². The van der Waals surface area contributed by atoms with Crippen molar-refractivity contribution in [3.63, 3.8) is 0 Å². The van der Waals surface area contributed by atoms with Gasteiger partial charge in [0.15, 0.2) is 0 Å². The van der Waals surface area contributed by atoms with Gasteiger partial charge in [-0.25, -0.2) is 0 Å². The van der Waals surface area contributed by atoms with E-state index in [1.807, 2.05) is 0 Å². The van der Waals surface area contributed by atoms with E-state index in [-0.39, 0.29) is 12.4 Å². The summed E-state index contributed by atoms with van der Waals surface area (Å²) in [5, 5.41) is 0. The van der Waals surface area contributed by atoms with Gasteiger partial charge in [0.25, 0.3) is 0 Å². The second-order valence-corrected chi connectivity index (χ2v) is 3.86. The van der Waals surface area contributed by atoms with Gasteiger partial charge in [0.1, 0.15) is 0 Å². The molecule has 1 heterocycles. The van der Waals surface area contributed by atoms with Crippen LogP contribution in [-0.2, 0) is 6.18 Å². The van der Waals surface area contributed by atoms with E-state index >= 15 is 0 Å². The number of nitrogens with two attached hydrogens (primary N) is 1. The van der Waals surface area contributed by atoms with Gasteiger partial charge in [-0.1, -0.05) is 6.07 Å². The second kappa shape index (κ2) is 5.92. The topological polar surface area (TPSA) is 56.0 Å². The normalized spacial score (nSPS) is 10.8. The maximum Gasteiger partial charge on any atom is 0.417 e. The molecule has 0 saturated carbocycles. The molecule has 2 rings (SSSR count). The number of aromatic nitrogens is 1. The summed E-state index contributed by atoms with van der Waals surface area (Å²) < 4.78 is 38.7. The van der Waals surface area contributed by atoms with E-state index in [4.69, 9.17) is 5.73 Å². The van der Waals surface area contributed by atoms with E-state index in [2.05, 4.69) is 4.98 Å². The molecule has 0 aliphatic carbocycles. The molecule has 0 aliphatic heterocycles. The number of hydrogen-bond donors (Lipinski definition) is 1. The standard InChI is InChI=1S/C13H9F3N2O.ClH/c14-13(15,16)11-7-9(1-2-10(11)12(17)19)8-3-5-18-6-4-8;/h1-7H,(H2,17,19);1H. The van der Waals surface area contributed by atoms with Gasteiger partial charge in [-0.05, 0) is 35.4 Å². The zero-order valence-electron chi connectivity index (χ0n) is 10.0. The molecule has 0 saturated heterocycles. The number of amides is 1. The number of halogens is 4. The van der Waals surface area contributed by atoms with Crippen molar-refractivity contribution in [1.29, 1.82) is 0 Å². The van der Waals surface area contributed by atoms with Gasteiger partial charge in [-0.2, -0.15) is 13.2 Å². The van der Waals surface area contributed by atoms with Crippen molar-refractivity contribution in [1.82, 2.24) is 4.98 Å². The summed E-state index contributed by atoms with van der Waals surface area (Å²) in [5.74, 6) is -1.10. The number of alkyl halides is 3. The van der Waals surface area contributed by atoms with Gasteiger partial charge in [-0.3, -0.25) is 9.78 Å². The van der Waals surface area contributed by atoms with E-state index < -0.39 is 23.2 Å². The van der Waals surface area contributed by atoms with Crippen LogP contribution in [0.4, 0.5) is 13.2 Å². The van der Waals surface area contributed by atoms with Crippen molar-refractivity contribution in [2.75, 3.05) is 0 Å². The molecule has 0 aliphatic rings. The predicted octanol–water partition coefficient (Wildman–Crippen LogP) is 3.29. The molecule has 106 valence electrons. The SMILES string of the molecule is Cl.NC(=O)c1ccc(-c2ccncc2)cc1C(F)(F)F. The van der Waals surface area contributed by atoms with Gasteiger partial charge in [0, 0.05) is 12.4 Å². The van der Waals surface area contributed by atoms with Crippen molar-refractivity contribution >= 4 is 18.3 Å². The number of nitrogens with zero attached hydrogens (tertiary/aromatic N) is 1. The lowest BCUT2D eigenvalue weighted by atomic mass is 9.99. The van der Waals surface area contributed by atoms with Crippen LogP contribution in [0.2, 0.25) is 0 Å². The van der Waals surface area contributed by atoms with E-state index in [0.29, 0.717) is 11.1 Å². The van der Waals surface area contributed by atoms with E-state index in [1.165, 1.54) is 18.5 Å². The first-order valence-electron chi connectivity index (χ1n) is 5.31. The molecular weight excluding hydrogens is 293 g/mol. The minimum absolute atomic E-state index is 0. The van der Waals surface area contributed by atoms with Crippen LogP contribution < -0.4 is 5.73 Å². The Hall–Kier alpha value is -2.08. The monoisotopic (exact) mass is 302 g/mol. The Balaban J connectivity index is 0.00000200. The molecule has 1 aromatic heterocycles. The first-order valence-corrected chi connectivity index (χ1v) is 5.31. The minimum Gasteiger partial charge on any atom is -0.366 e. The van der Waals surface area contributed by atoms with Crippen molar-refractivity contribution in [2.24, 2.45) is 5.73 Å². The number of rotatable bonds is 2. The quantitative estimate of drug-likeness (QED) is 0.925. The average Bonchev–Trinajstić information content (AvgIpc) is 2.38. The fourth-order valence-corrected chi connectivity index (χ4v) is 1.72. The average molecular weight is 303 g/mol. The Kier molecular flexibility index (Phi) is 4.73. The lowest BCUT2D eigenvalue weighted by Gasteiger charge is -2.12. The Morgan fingerprint density at radius 2 is 1.65 bits per heavy atom. The summed E-state index contributed by atoms with van der Waals surface area (Å²) in [6, 6.07) is 6.58. The van der Waals surface area contributed by atoms with Crippen molar-refractivity contribution in [2.45, 2.75) is 6.18 Å². The Morgan fingerprint density at radius 1 is 1.05 bits per heavy atom. The Bertz CT molecular complexity index is 615. The molecule has 1 amide bonds. The number of carbonyl (C=O) groups excluding carboxylic acids is 1. The molecule has 1 aromatic carbocycles. The fourth-order valence-electron chi connectivity index (χ4n) is 1.72. The molecule has 2 aromatic rings. The molecule has 2 N–H and O–H groups in total. The minimum atomic E-state index is -4.63. The number of hydrogen-bond acceptors (Lipinski definition) is 2. The van der Waals surface area contributed by atoms with Gasteiger partial charge < -0.3 is 5.73 Å². The highest BCUT2D eigenvalue weighted by molar-refractivity contribution is 5.95. The lowest BCUT2D eigenvalue weighted by molar-refractivity contribution is -0.137. The molecule has 7 heteroatoms. The van der Waals surface area contributed by atoms with Gasteiger partial charge >= 0.3 is 6.18 Å². The van der Waals surface area contributed by atoms with Crippen LogP contribution in [-0.4, -0.2) is 10.9 Å². The molecular formula is C13H10ClF3N2O. The summed E-state index contributed by atoms with van der Waals surface area (Å²) in [7, 11) is 0. The molecule has 3 nitrogen and oxygen atoms in total. The maximum atomic E-state index is 12.9. The third-order valence-electron chi connectivity index (χ3n) is 2.60. The van der Waals surface area contributed by atoms with Crippen LogP contribution in [0, 0.1) is 0 Å². The Labute approximate surface area is 119 Å². The van der Waals surface area contributed by atoms with Crippen molar-refractivity contribution in [3.8, 4) is 11.1 Å². The van der Waals surface area contributed by atoms with Crippen LogP contribution in [0.1, 0.15) is 15.9 Å². The molecule has 0 atom stereocenters. The first kappa shape index (κ1) is 16.0. The number of pyridine rings is 1. The number of primary amides is 1. The summed E-state index contributed by atoms with van der Waals surface area (Å²) in [4.78, 5) is 14.8. The highest BCUT2D eigenvalue weighted by Gasteiger charge is 2.35. The zero-order chi connectivity index (χ0) is 14.0. The van der Waals surface area contributed by atoms with Gasteiger partial charge in [-0.15, -0.1) is 12.4 Å².